The lowest BCUT2D eigenvalue weighted by Gasteiger charge is -2.50. The lowest BCUT2D eigenvalue weighted by atomic mass is 9.90. The van der Waals surface area contributed by atoms with Crippen molar-refractivity contribution >= 4 is 11.7 Å². The van der Waals surface area contributed by atoms with Gasteiger partial charge in [-0.2, -0.15) is 0 Å². The van der Waals surface area contributed by atoms with Crippen LogP contribution in [-0.2, 0) is 0 Å². The Bertz CT molecular complexity index is 781. The van der Waals surface area contributed by atoms with Gasteiger partial charge < -0.3 is 10.1 Å². The molecule has 1 saturated heterocycles. The highest BCUT2D eigenvalue weighted by molar-refractivity contribution is 5.95. The van der Waals surface area contributed by atoms with Crippen LogP contribution in [0.2, 0.25) is 0 Å². The lowest BCUT2D eigenvalue weighted by Crippen LogP contribution is -2.65. The maximum atomic E-state index is 12.8. The van der Waals surface area contributed by atoms with Gasteiger partial charge in [0.25, 0.3) is 0 Å². The molecular weight excluding hydrogens is 288 g/mol. The summed E-state index contributed by atoms with van der Waals surface area (Å²) in [4.78, 5) is 14.5. The van der Waals surface area contributed by atoms with E-state index in [2.05, 4.69) is 11.4 Å². The molecule has 2 aliphatic rings. The molecule has 2 aromatic carbocycles. The van der Waals surface area contributed by atoms with Crippen molar-refractivity contribution in [3.8, 4) is 5.75 Å². The van der Waals surface area contributed by atoms with E-state index in [0.29, 0.717) is 0 Å². The van der Waals surface area contributed by atoms with Crippen molar-refractivity contribution in [3.05, 3.63) is 59.2 Å². The standard InChI is InChI=1S/C19H20N2O2/c1-12-8-13(2)10-14(9-12)21-18(22)20-16-11-19(21,3)23-17-7-5-4-6-15(16)17/h4-10,16H,11H2,1-3H3,(H,20,22)/t16-,19+/m1/s1. The Morgan fingerprint density at radius 2 is 1.87 bits per heavy atom. The van der Waals surface area contributed by atoms with E-state index in [1.807, 2.05) is 57.2 Å². The molecule has 4 heteroatoms. The molecule has 2 aliphatic heterocycles. The van der Waals surface area contributed by atoms with Crippen LogP contribution in [0.15, 0.2) is 42.5 Å². The van der Waals surface area contributed by atoms with Crippen LogP contribution in [0.1, 0.15) is 36.1 Å². The number of aryl methyl sites for hydroxylation is 2. The van der Waals surface area contributed by atoms with Crippen LogP contribution in [0.4, 0.5) is 10.5 Å². The molecule has 4 rings (SSSR count). The number of rotatable bonds is 1. The smallest absolute Gasteiger partial charge is 0.325 e. The summed E-state index contributed by atoms with van der Waals surface area (Å²) in [6.07, 6.45) is 0.725. The zero-order valence-electron chi connectivity index (χ0n) is 13.6. The van der Waals surface area contributed by atoms with E-state index in [9.17, 15) is 4.79 Å². The summed E-state index contributed by atoms with van der Waals surface area (Å²) in [5.74, 6) is 0.848. The first-order valence-corrected chi connectivity index (χ1v) is 7.93. The Morgan fingerprint density at radius 3 is 2.61 bits per heavy atom. The van der Waals surface area contributed by atoms with E-state index in [4.69, 9.17) is 4.74 Å². The number of amides is 2. The number of urea groups is 1. The minimum Gasteiger partial charge on any atom is -0.467 e. The maximum Gasteiger partial charge on any atom is 0.325 e. The Kier molecular flexibility index (Phi) is 2.92. The molecule has 2 atom stereocenters. The van der Waals surface area contributed by atoms with E-state index >= 15 is 0 Å². The highest BCUT2D eigenvalue weighted by Gasteiger charge is 2.49. The number of carbonyl (C=O) groups is 1. The SMILES string of the molecule is Cc1cc(C)cc(N2C(=O)N[C@@H]3C[C@]2(C)Oc2ccccc23)c1. The van der Waals surface area contributed by atoms with Crippen LogP contribution in [0, 0.1) is 13.8 Å². The number of para-hydroxylation sites is 1. The monoisotopic (exact) mass is 308 g/mol. The van der Waals surface area contributed by atoms with E-state index in [1.54, 1.807) is 4.90 Å². The third kappa shape index (κ3) is 2.17. The average Bonchev–Trinajstić information content (AvgIpc) is 2.45. The van der Waals surface area contributed by atoms with Crippen LogP contribution in [0.3, 0.4) is 0 Å². The van der Waals surface area contributed by atoms with Gasteiger partial charge in [-0.05, 0) is 50.1 Å². The molecule has 2 heterocycles. The number of benzene rings is 2. The molecule has 118 valence electrons. The minimum absolute atomic E-state index is 0.000365. The van der Waals surface area contributed by atoms with Crippen LogP contribution in [0.5, 0.6) is 5.75 Å². The summed E-state index contributed by atoms with van der Waals surface area (Å²) in [7, 11) is 0. The molecule has 0 saturated carbocycles. The fraction of sp³-hybridized carbons (Fsp3) is 0.316. The number of anilines is 1. The normalized spacial score (nSPS) is 25.4. The predicted molar refractivity (Wildman–Crippen MR) is 89.8 cm³/mol. The number of nitrogens with one attached hydrogen (secondary N) is 1. The van der Waals surface area contributed by atoms with Gasteiger partial charge in [0.05, 0.1) is 6.04 Å². The van der Waals surface area contributed by atoms with Gasteiger partial charge in [0.15, 0.2) is 5.72 Å². The van der Waals surface area contributed by atoms with Gasteiger partial charge in [0.2, 0.25) is 0 Å². The van der Waals surface area contributed by atoms with Gasteiger partial charge in [-0.25, -0.2) is 4.79 Å². The molecule has 0 spiro atoms. The molecule has 1 fully saturated rings. The number of nitrogens with zero attached hydrogens (tertiary/aromatic N) is 1. The maximum absolute atomic E-state index is 12.8. The summed E-state index contributed by atoms with van der Waals surface area (Å²) in [6, 6.07) is 14.0. The lowest BCUT2D eigenvalue weighted by molar-refractivity contribution is 0.0379. The van der Waals surface area contributed by atoms with Crippen molar-refractivity contribution in [1.82, 2.24) is 5.32 Å². The van der Waals surface area contributed by atoms with Crippen LogP contribution in [0.25, 0.3) is 0 Å². The van der Waals surface area contributed by atoms with Gasteiger partial charge in [-0.15, -0.1) is 0 Å². The van der Waals surface area contributed by atoms with Gasteiger partial charge in [-0.3, -0.25) is 4.90 Å². The third-order valence-electron chi connectivity index (χ3n) is 4.65. The number of hydrogen-bond acceptors (Lipinski definition) is 2. The quantitative estimate of drug-likeness (QED) is 0.862. The fourth-order valence-electron chi connectivity index (χ4n) is 3.79. The summed E-state index contributed by atoms with van der Waals surface area (Å²) in [5.41, 5.74) is 3.52. The zero-order valence-corrected chi connectivity index (χ0v) is 13.6. The summed E-state index contributed by atoms with van der Waals surface area (Å²) >= 11 is 0. The Morgan fingerprint density at radius 1 is 1.17 bits per heavy atom. The molecule has 2 aromatic rings. The largest absolute Gasteiger partial charge is 0.467 e. The molecular formula is C19H20N2O2. The molecule has 2 bridgehead atoms. The topological polar surface area (TPSA) is 41.6 Å². The summed E-state index contributed by atoms with van der Waals surface area (Å²) in [6.45, 7) is 6.08. The van der Waals surface area contributed by atoms with E-state index in [-0.39, 0.29) is 12.1 Å². The molecule has 0 radical (unpaired) electrons. The number of carbonyl (C=O) groups excluding carboxylic acids is 1. The van der Waals surface area contributed by atoms with E-state index < -0.39 is 5.72 Å². The second kappa shape index (κ2) is 4.75. The number of fused-ring (bicyclic) bond motifs is 4. The van der Waals surface area contributed by atoms with Crippen LogP contribution < -0.4 is 15.0 Å². The van der Waals surface area contributed by atoms with Crippen molar-refractivity contribution in [2.75, 3.05) is 4.90 Å². The van der Waals surface area contributed by atoms with Gasteiger partial charge in [0.1, 0.15) is 5.75 Å². The highest BCUT2D eigenvalue weighted by atomic mass is 16.5. The van der Waals surface area contributed by atoms with Gasteiger partial charge >= 0.3 is 6.03 Å². The van der Waals surface area contributed by atoms with Crippen LogP contribution in [-0.4, -0.2) is 11.8 Å². The molecule has 23 heavy (non-hydrogen) atoms. The molecule has 0 unspecified atom stereocenters. The fourth-order valence-corrected chi connectivity index (χ4v) is 3.79. The van der Waals surface area contributed by atoms with Gasteiger partial charge in [0, 0.05) is 17.7 Å². The molecule has 2 amide bonds. The average molecular weight is 308 g/mol. The Labute approximate surface area is 136 Å². The zero-order chi connectivity index (χ0) is 16.2. The van der Waals surface area contributed by atoms with Crippen molar-refractivity contribution in [2.45, 2.75) is 39.0 Å². The molecule has 4 nitrogen and oxygen atoms in total. The second-order valence-corrected chi connectivity index (χ2v) is 6.70. The number of ether oxygens (including phenoxy) is 1. The van der Waals surface area contributed by atoms with Crippen molar-refractivity contribution in [1.29, 1.82) is 0 Å². The van der Waals surface area contributed by atoms with Crippen molar-refractivity contribution < 1.29 is 9.53 Å². The molecule has 0 aliphatic carbocycles. The van der Waals surface area contributed by atoms with Crippen LogP contribution >= 0.6 is 0 Å². The summed E-state index contributed by atoms with van der Waals surface area (Å²) < 4.78 is 6.27. The van der Waals surface area contributed by atoms with Gasteiger partial charge in [-0.1, -0.05) is 24.3 Å². The molecule has 0 aromatic heterocycles. The van der Waals surface area contributed by atoms with E-state index in [1.165, 1.54) is 0 Å². The minimum atomic E-state index is -0.679. The summed E-state index contributed by atoms with van der Waals surface area (Å²) in [5, 5.41) is 3.12. The predicted octanol–water partition coefficient (Wildman–Crippen LogP) is 4.07. The third-order valence-corrected chi connectivity index (χ3v) is 4.65. The van der Waals surface area contributed by atoms with Crippen molar-refractivity contribution in [3.63, 3.8) is 0 Å². The Balaban J connectivity index is 1.82. The first-order chi connectivity index (χ1) is 11.0. The number of hydrogen-bond donors (Lipinski definition) is 1. The van der Waals surface area contributed by atoms with E-state index in [0.717, 1.165) is 34.5 Å². The Hall–Kier alpha value is -2.49. The first-order valence-electron chi connectivity index (χ1n) is 7.93. The van der Waals surface area contributed by atoms with Crippen molar-refractivity contribution in [2.24, 2.45) is 0 Å². The first kappa shape index (κ1) is 14.1. The second-order valence-electron chi connectivity index (χ2n) is 6.70. The highest BCUT2D eigenvalue weighted by Crippen LogP contribution is 2.45. The molecule has 1 N–H and O–H groups in total.